The second-order valence-electron chi connectivity index (χ2n) is 6.00. The smallest absolute Gasteiger partial charge is 0.243 e. The topological polar surface area (TPSA) is 69.7 Å². The third kappa shape index (κ3) is 4.78. The molecule has 1 aliphatic heterocycles. The number of nitrogens with zero attached hydrogens (tertiary/aromatic N) is 2. The summed E-state index contributed by atoms with van der Waals surface area (Å²) in [6.07, 6.45) is 3.49. The maximum atomic E-state index is 12.6. The number of likely N-dealkylation sites (tertiary alicyclic amines) is 1. The van der Waals surface area contributed by atoms with Crippen LogP contribution in [0.2, 0.25) is 0 Å². The van der Waals surface area contributed by atoms with Gasteiger partial charge in [0.05, 0.1) is 11.4 Å². The van der Waals surface area contributed by atoms with Crippen molar-refractivity contribution < 1.29 is 13.2 Å². The SMILES string of the molecule is CCN(CC)S(=O)(=O)c1cccc(NC(=O)CN2CCCCC2)c1. The molecule has 1 amide bonds. The van der Waals surface area contributed by atoms with Crippen LogP contribution in [0.15, 0.2) is 29.2 Å². The lowest BCUT2D eigenvalue weighted by molar-refractivity contribution is -0.117. The Labute approximate surface area is 144 Å². The van der Waals surface area contributed by atoms with Gasteiger partial charge in [0.2, 0.25) is 15.9 Å². The molecule has 1 aliphatic rings. The molecule has 0 atom stereocenters. The number of hydrogen-bond acceptors (Lipinski definition) is 4. The van der Waals surface area contributed by atoms with Crippen LogP contribution in [-0.4, -0.2) is 56.3 Å². The number of sulfonamides is 1. The van der Waals surface area contributed by atoms with Gasteiger partial charge in [0.1, 0.15) is 0 Å². The van der Waals surface area contributed by atoms with Crippen molar-refractivity contribution in [1.82, 2.24) is 9.21 Å². The van der Waals surface area contributed by atoms with Crippen molar-refractivity contribution in [2.24, 2.45) is 0 Å². The highest BCUT2D eigenvalue weighted by molar-refractivity contribution is 7.89. The number of piperidine rings is 1. The van der Waals surface area contributed by atoms with Crippen molar-refractivity contribution in [3.8, 4) is 0 Å². The average molecular weight is 353 g/mol. The molecule has 0 saturated carbocycles. The number of amides is 1. The van der Waals surface area contributed by atoms with Gasteiger partial charge in [-0.3, -0.25) is 9.69 Å². The molecule has 7 heteroatoms. The fraction of sp³-hybridized carbons (Fsp3) is 0.588. The van der Waals surface area contributed by atoms with Crippen LogP contribution in [0.3, 0.4) is 0 Å². The van der Waals surface area contributed by atoms with Gasteiger partial charge in [0, 0.05) is 18.8 Å². The number of benzene rings is 1. The van der Waals surface area contributed by atoms with E-state index in [2.05, 4.69) is 10.2 Å². The van der Waals surface area contributed by atoms with Crippen LogP contribution in [0, 0.1) is 0 Å². The largest absolute Gasteiger partial charge is 0.325 e. The predicted octanol–water partition coefficient (Wildman–Crippen LogP) is 2.14. The van der Waals surface area contributed by atoms with Gasteiger partial charge < -0.3 is 5.32 Å². The van der Waals surface area contributed by atoms with Gasteiger partial charge in [-0.05, 0) is 44.1 Å². The first-order valence-corrected chi connectivity index (χ1v) is 10.0. The lowest BCUT2D eigenvalue weighted by atomic mass is 10.1. The highest BCUT2D eigenvalue weighted by Gasteiger charge is 2.22. The zero-order valence-corrected chi connectivity index (χ0v) is 15.3. The zero-order chi connectivity index (χ0) is 17.6. The molecule has 0 aromatic heterocycles. The molecule has 1 saturated heterocycles. The van der Waals surface area contributed by atoms with Gasteiger partial charge in [-0.15, -0.1) is 0 Å². The Bertz CT molecular complexity index is 651. The highest BCUT2D eigenvalue weighted by atomic mass is 32.2. The van der Waals surface area contributed by atoms with Gasteiger partial charge in [-0.1, -0.05) is 26.3 Å². The summed E-state index contributed by atoms with van der Waals surface area (Å²) in [5.74, 6) is -0.103. The monoisotopic (exact) mass is 353 g/mol. The van der Waals surface area contributed by atoms with Crippen LogP contribution in [0.4, 0.5) is 5.69 Å². The molecule has 0 spiro atoms. The van der Waals surface area contributed by atoms with Gasteiger partial charge in [-0.25, -0.2) is 8.42 Å². The minimum Gasteiger partial charge on any atom is -0.325 e. The second-order valence-corrected chi connectivity index (χ2v) is 7.94. The molecule has 1 N–H and O–H groups in total. The molecule has 6 nitrogen and oxygen atoms in total. The first-order chi connectivity index (χ1) is 11.5. The van der Waals surface area contributed by atoms with E-state index in [4.69, 9.17) is 0 Å². The Balaban J connectivity index is 2.05. The number of rotatable bonds is 7. The molecule has 0 unspecified atom stereocenters. The molecule has 0 bridgehead atoms. The van der Waals surface area contributed by atoms with E-state index >= 15 is 0 Å². The Morgan fingerprint density at radius 1 is 1.17 bits per heavy atom. The first kappa shape index (κ1) is 18.9. The fourth-order valence-electron chi connectivity index (χ4n) is 2.97. The van der Waals surface area contributed by atoms with Gasteiger partial charge in [0.25, 0.3) is 0 Å². The van der Waals surface area contributed by atoms with Crippen LogP contribution >= 0.6 is 0 Å². The van der Waals surface area contributed by atoms with Gasteiger partial charge >= 0.3 is 0 Å². The molecule has 0 radical (unpaired) electrons. The van der Waals surface area contributed by atoms with Gasteiger partial charge in [-0.2, -0.15) is 4.31 Å². The summed E-state index contributed by atoms with van der Waals surface area (Å²) in [6.45, 7) is 6.71. The quantitative estimate of drug-likeness (QED) is 0.815. The lowest BCUT2D eigenvalue weighted by Crippen LogP contribution is -2.36. The van der Waals surface area contributed by atoms with E-state index in [1.807, 2.05) is 13.8 Å². The summed E-state index contributed by atoms with van der Waals surface area (Å²) >= 11 is 0. The summed E-state index contributed by atoms with van der Waals surface area (Å²) in [5, 5.41) is 2.81. The minimum atomic E-state index is -3.52. The Morgan fingerprint density at radius 2 is 1.83 bits per heavy atom. The van der Waals surface area contributed by atoms with E-state index in [1.54, 1.807) is 18.2 Å². The van der Waals surface area contributed by atoms with Crippen molar-refractivity contribution in [2.45, 2.75) is 38.0 Å². The number of carbonyl (C=O) groups excluding carboxylic acids is 1. The Hall–Kier alpha value is -1.44. The maximum Gasteiger partial charge on any atom is 0.243 e. The third-order valence-corrected chi connectivity index (χ3v) is 6.32. The summed E-state index contributed by atoms with van der Waals surface area (Å²) < 4.78 is 26.5. The van der Waals surface area contributed by atoms with E-state index in [-0.39, 0.29) is 10.8 Å². The normalized spacial score (nSPS) is 16.3. The molecule has 2 rings (SSSR count). The van der Waals surface area contributed by atoms with E-state index in [9.17, 15) is 13.2 Å². The summed E-state index contributed by atoms with van der Waals surface area (Å²) in [7, 11) is -3.52. The second kappa shape index (κ2) is 8.60. The van der Waals surface area contributed by atoms with Crippen molar-refractivity contribution in [3.63, 3.8) is 0 Å². The fourth-order valence-corrected chi connectivity index (χ4v) is 4.47. The Kier molecular flexibility index (Phi) is 6.77. The third-order valence-electron chi connectivity index (χ3n) is 4.28. The van der Waals surface area contributed by atoms with E-state index in [1.165, 1.54) is 16.8 Å². The van der Waals surface area contributed by atoms with Crippen LogP contribution in [0.5, 0.6) is 0 Å². The molecular weight excluding hydrogens is 326 g/mol. The van der Waals surface area contributed by atoms with Crippen LogP contribution in [-0.2, 0) is 14.8 Å². The first-order valence-electron chi connectivity index (χ1n) is 8.59. The van der Waals surface area contributed by atoms with Crippen LogP contribution in [0.1, 0.15) is 33.1 Å². The van der Waals surface area contributed by atoms with E-state index in [0.29, 0.717) is 25.3 Å². The van der Waals surface area contributed by atoms with Crippen molar-refractivity contribution in [2.75, 3.05) is 38.0 Å². The lowest BCUT2D eigenvalue weighted by Gasteiger charge is -2.25. The molecule has 24 heavy (non-hydrogen) atoms. The number of nitrogens with one attached hydrogen (secondary N) is 1. The maximum absolute atomic E-state index is 12.6. The summed E-state index contributed by atoms with van der Waals surface area (Å²) in [6, 6.07) is 6.47. The summed E-state index contributed by atoms with van der Waals surface area (Å²) in [5.41, 5.74) is 0.519. The van der Waals surface area contributed by atoms with Gasteiger partial charge in [0.15, 0.2) is 0 Å². The Morgan fingerprint density at radius 3 is 2.46 bits per heavy atom. The number of hydrogen-bond donors (Lipinski definition) is 1. The molecule has 1 fully saturated rings. The molecule has 1 aromatic carbocycles. The molecule has 1 aromatic rings. The van der Waals surface area contributed by atoms with Crippen LogP contribution < -0.4 is 5.32 Å². The minimum absolute atomic E-state index is 0.103. The zero-order valence-electron chi connectivity index (χ0n) is 14.5. The van der Waals surface area contributed by atoms with E-state index in [0.717, 1.165) is 25.9 Å². The molecule has 134 valence electrons. The van der Waals surface area contributed by atoms with E-state index < -0.39 is 10.0 Å². The number of carbonyl (C=O) groups is 1. The summed E-state index contributed by atoms with van der Waals surface area (Å²) in [4.78, 5) is 14.5. The average Bonchev–Trinajstić information content (AvgIpc) is 2.56. The van der Waals surface area contributed by atoms with Crippen molar-refractivity contribution in [1.29, 1.82) is 0 Å². The predicted molar refractivity (Wildman–Crippen MR) is 95.5 cm³/mol. The van der Waals surface area contributed by atoms with Crippen LogP contribution in [0.25, 0.3) is 0 Å². The van der Waals surface area contributed by atoms with Crippen molar-refractivity contribution in [3.05, 3.63) is 24.3 Å². The molecule has 0 aliphatic carbocycles. The highest BCUT2D eigenvalue weighted by Crippen LogP contribution is 2.19. The standard InChI is InChI=1S/C17H27N3O3S/c1-3-20(4-2)24(22,23)16-10-8-9-15(13-16)18-17(21)14-19-11-6-5-7-12-19/h8-10,13H,3-7,11-12,14H2,1-2H3,(H,18,21). The number of anilines is 1. The van der Waals surface area contributed by atoms with Crippen molar-refractivity contribution >= 4 is 21.6 Å². The molecule has 1 heterocycles. The molecular formula is C17H27N3O3S.